The Labute approximate surface area is 203 Å². The summed E-state index contributed by atoms with van der Waals surface area (Å²) in [6.45, 7) is 0.612. The van der Waals surface area contributed by atoms with E-state index in [1.165, 1.54) is 0 Å². The third-order valence-corrected chi connectivity index (χ3v) is 5.33. The molecule has 0 fully saturated rings. The number of nitrogens with zero attached hydrogens (tertiary/aromatic N) is 3. The Balaban J connectivity index is 0.00000324. The highest BCUT2D eigenvalue weighted by Crippen LogP contribution is 2.32. The second-order valence-corrected chi connectivity index (χ2v) is 7.52. The molecular weight excluding hydrogens is 456 g/mol. The smallest absolute Gasteiger partial charge is 0.252 e. The van der Waals surface area contributed by atoms with Crippen molar-refractivity contribution in [3.05, 3.63) is 66.0 Å². The Morgan fingerprint density at radius 1 is 1.09 bits per heavy atom. The van der Waals surface area contributed by atoms with Crippen molar-refractivity contribution in [1.29, 1.82) is 0 Å². The lowest BCUT2D eigenvalue weighted by atomic mass is 10.1. The zero-order valence-electron chi connectivity index (χ0n) is 18.9. The van der Waals surface area contributed by atoms with Crippen LogP contribution in [0.1, 0.15) is 22.3 Å². The van der Waals surface area contributed by atoms with E-state index >= 15 is 0 Å². The first-order valence-corrected chi connectivity index (χ1v) is 10.5. The molecule has 10 heteroatoms. The molecule has 0 unspecified atom stereocenters. The number of nitrogen functional groups attached to an aromatic ring is 1. The molecule has 9 nitrogen and oxygen atoms in total. The Morgan fingerprint density at radius 2 is 1.85 bits per heavy atom. The maximum atomic E-state index is 12.0. The molecule has 34 heavy (non-hydrogen) atoms. The minimum Gasteiger partial charge on any atom is -0.493 e. The fraction of sp³-hybridized carbons (Fsp3) is 0.208. The number of hydrogen-bond donors (Lipinski definition) is 3. The lowest BCUT2D eigenvalue weighted by Gasteiger charge is -2.13. The predicted octanol–water partition coefficient (Wildman–Crippen LogP) is 3.59. The third-order valence-electron chi connectivity index (χ3n) is 5.33. The summed E-state index contributed by atoms with van der Waals surface area (Å²) in [7, 11) is 3.16. The number of fused-ring (bicyclic) bond motifs is 1. The van der Waals surface area contributed by atoms with Crippen LogP contribution in [0.3, 0.4) is 0 Å². The van der Waals surface area contributed by atoms with Crippen LogP contribution in [0, 0.1) is 0 Å². The number of ether oxygens (including phenoxy) is 2. The number of carbonyl (C=O) groups is 1. The van der Waals surface area contributed by atoms with Crippen molar-refractivity contribution in [1.82, 2.24) is 14.5 Å². The highest BCUT2D eigenvalue weighted by molar-refractivity contribution is 5.97. The van der Waals surface area contributed by atoms with Crippen molar-refractivity contribution in [3.8, 4) is 17.3 Å². The van der Waals surface area contributed by atoms with Gasteiger partial charge in [0.1, 0.15) is 18.0 Å². The summed E-state index contributed by atoms with van der Waals surface area (Å²) in [5.41, 5.74) is 15.2. The number of aryl methyl sites for hydroxylation is 1. The number of halogens is 1. The number of imidazole rings is 1. The minimum atomic E-state index is -0.547. The zero-order valence-corrected chi connectivity index (χ0v) is 19.8. The first-order chi connectivity index (χ1) is 16.0. The molecule has 2 heterocycles. The fourth-order valence-electron chi connectivity index (χ4n) is 3.68. The van der Waals surface area contributed by atoms with Gasteiger partial charge in [0.15, 0.2) is 11.5 Å². The summed E-state index contributed by atoms with van der Waals surface area (Å²) in [6.07, 6.45) is 3.34. The van der Waals surface area contributed by atoms with Gasteiger partial charge in [0.25, 0.3) is 5.91 Å². The normalized spacial score (nSPS) is 10.5. The van der Waals surface area contributed by atoms with Crippen LogP contribution in [0.25, 0.3) is 16.9 Å². The summed E-state index contributed by atoms with van der Waals surface area (Å²) in [6, 6.07) is 14.8. The summed E-state index contributed by atoms with van der Waals surface area (Å²) in [5, 5.41) is 3.25. The number of pyridine rings is 1. The van der Waals surface area contributed by atoms with Crippen LogP contribution < -0.4 is 26.3 Å². The van der Waals surface area contributed by atoms with E-state index in [2.05, 4.69) is 15.3 Å². The number of methoxy groups -OCH3 is 2. The Hall–Kier alpha value is -3.98. The molecule has 0 aliphatic rings. The summed E-state index contributed by atoms with van der Waals surface area (Å²) in [4.78, 5) is 21.1. The van der Waals surface area contributed by atoms with E-state index in [0.29, 0.717) is 35.2 Å². The van der Waals surface area contributed by atoms with Crippen molar-refractivity contribution in [3.63, 3.8) is 0 Å². The van der Waals surface area contributed by atoms with E-state index in [1.807, 2.05) is 34.9 Å². The molecule has 4 rings (SSSR count). The number of aromatic nitrogens is 3. The average Bonchev–Trinajstić information content (AvgIpc) is 3.23. The number of primary amides is 1. The van der Waals surface area contributed by atoms with Gasteiger partial charge in [-0.15, -0.1) is 12.4 Å². The van der Waals surface area contributed by atoms with Crippen LogP contribution >= 0.6 is 12.4 Å². The molecule has 0 atom stereocenters. The number of nitrogens with two attached hydrogens (primary N) is 2. The summed E-state index contributed by atoms with van der Waals surface area (Å²) in [5.74, 6) is 1.65. The first-order valence-electron chi connectivity index (χ1n) is 10.5. The topological polar surface area (TPSA) is 130 Å². The molecule has 0 radical (unpaired) electrons. The lowest BCUT2D eigenvalue weighted by molar-refractivity contribution is 0.100. The van der Waals surface area contributed by atoms with Crippen molar-refractivity contribution < 1.29 is 14.3 Å². The Kier molecular flexibility index (Phi) is 7.80. The molecule has 0 aliphatic heterocycles. The van der Waals surface area contributed by atoms with Crippen LogP contribution in [-0.2, 0) is 6.42 Å². The van der Waals surface area contributed by atoms with Gasteiger partial charge >= 0.3 is 0 Å². The number of anilines is 2. The fourth-order valence-corrected chi connectivity index (χ4v) is 3.68. The van der Waals surface area contributed by atoms with E-state index in [0.717, 1.165) is 35.1 Å². The maximum Gasteiger partial charge on any atom is 0.252 e. The number of carbonyl (C=O) groups excluding carboxylic acids is 1. The van der Waals surface area contributed by atoms with Crippen molar-refractivity contribution in [2.24, 2.45) is 5.73 Å². The zero-order chi connectivity index (χ0) is 23.4. The van der Waals surface area contributed by atoms with Crippen LogP contribution in [0.4, 0.5) is 11.5 Å². The van der Waals surface area contributed by atoms with Crippen molar-refractivity contribution >= 4 is 40.9 Å². The molecule has 0 spiro atoms. The van der Waals surface area contributed by atoms with Gasteiger partial charge in [-0.25, -0.2) is 9.97 Å². The Morgan fingerprint density at radius 3 is 2.56 bits per heavy atom. The second-order valence-electron chi connectivity index (χ2n) is 7.52. The highest BCUT2D eigenvalue weighted by Gasteiger charge is 2.15. The standard InChI is InChI=1S/C24H26N6O3.ClH/c1-32-20-12-18-19(13-21(20)33-2)30(14-28-18)22-9-8-17(23(26)31)24(29-22)27-10-4-6-15-5-3-7-16(25)11-15;/h3,5,7-9,11-14H,4,6,10,25H2,1-2H3,(H2,26,31)(H,27,29);1H. The molecule has 4 aromatic rings. The van der Waals surface area contributed by atoms with Crippen LogP contribution in [0.15, 0.2) is 54.9 Å². The van der Waals surface area contributed by atoms with Crippen molar-refractivity contribution in [2.45, 2.75) is 12.8 Å². The van der Waals surface area contributed by atoms with E-state index in [-0.39, 0.29) is 12.4 Å². The molecule has 0 saturated carbocycles. The largest absolute Gasteiger partial charge is 0.493 e. The maximum absolute atomic E-state index is 12.0. The molecule has 1 amide bonds. The number of nitrogens with one attached hydrogen (secondary N) is 1. The number of benzene rings is 2. The summed E-state index contributed by atoms with van der Waals surface area (Å²) < 4.78 is 12.6. The number of hydrogen-bond acceptors (Lipinski definition) is 7. The quantitative estimate of drug-likeness (QED) is 0.245. The SMILES string of the molecule is COc1cc2ncn(-c3ccc(C(N)=O)c(NCCCc4cccc(N)c4)n3)c2cc1OC.Cl. The van der Waals surface area contributed by atoms with Crippen LogP contribution in [-0.4, -0.2) is 41.2 Å². The van der Waals surface area contributed by atoms with Crippen molar-refractivity contribution in [2.75, 3.05) is 31.8 Å². The van der Waals surface area contributed by atoms with Gasteiger partial charge in [0.05, 0.1) is 30.8 Å². The van der Waals surface area contributed by atoms with Gasteiger partial charge in [-0.1, -0.05) is 12.1 Å². The monoisotopic (exact) mass is 482 g/mol. The van der Waals surface area contributed by atoms with Crippen LogP contribution in [0.5, 0.6) is 11.5 Å². The van der Waals surface area contributed by atoms with Gasteiger partial charge in [-0.2, -0.15) is 0 Å². The van der Waals surface area contributed by atoms with Gasteiger partial charge in [0.2, 0.25) is 0 Å². The first kappa shape index (κ1) is 24.7. The van der Waals surface area contributed by atoms with Gasteiger partial charge in [-0.3, -0.25) is 9.36 Å². The second kappa shape index (κ2) is 10.8. The molecule has 5 N–H and O–H groups in total. The lowest BCUT2D eigenvalue weighted by Crippen LogP contribution is -2.17. The van der Waals surface area contributed by atoms with Gasteiger partial charge in [0, 0.05) is 24.4 Å². The van der Waals surface area contributed by atoms with Crippen LogP contribution in [0.2, 0.25) is 0 Å². The molecule has 2 aromatic carbocycles. The van der Waals surface area contributed by atoms with E-state index < -0.39 is 5.91 Å². The van der Waals surface area contributed by atoms with E-state index in [1.54, 1.807) is 38.7 Å². The highest BCUT2D eigenvalue weighted by atomic mass is 35.5. The number of rotatable bonds is 9. The minimum absolute atomic E-state index is 0. The van der Waals surface area contributed by atoms with Gasteiger partial charge in [-0.05, 0) is 42.7 Å². The molecule has 0 saturated heterocycles. The molecule has 0 bridgehead atoms. The third kappa shape index (κ3) is 5.15. The average molecular weight is 483 g/mol. The molecule has 2 aromatic heterocycles. The summed E-state index contributed by atoms with van der Waals surface area (Å²) >= 11 is 0. The van der Waals surface area contributed by atoms with E-state index in [9.17, 15) is 4.79 Å². The molecular formula is C24H27ClN6O3. The Bertz CT molecular complexity index is 1310. The predicted molar refractivity (Wildman–Crippen MR) is 135 cm³/mol. The van der Waals surface area contributed by atoms with E-state index in [4.69, 9.17) is 20.9 Å². The molecule has 178 valence electrons. The molecule has 0 aliphatic carbocycles. The number of amides is 1. The van der Waals surface area contributed by atoms with Gasteiger partial charge < -0.3 is 26.3 Å².